The van der Waals surface area contributed by atoms with Crippen molar-refractivity contribution >= 4 is 25.8 Å². The van der Waals surface area contributed by atoms with E-state index in [1.165, 1.54) is 0 Å². The van der Waals surface area contributed by atoms with E-state index in [1.54, 1.807) is 24.3 Å². The minimum atomic E-state index is -3.09. The van der Waals surface area contributed by atoms with Crippen molar-refractivity contribution in [2.45, 2.75) is 23.1 Å². The van der Waals surface area contributed by atoms with Crippen LogP contribution in [0.5, 0.6) is 0 Å². The predicted molar refractivity (Wildman–Crippen MR) is 61.5 cm³/mol. The molecule has 0 aromatic heterocycles. The summed E-state index contributed by atoms with van der Waals surface area (Å²) >= 11 is 3.34. The summed E-state index contributed by atoms with van der Waals surface area (Å²) < 4.78 is 23.4. The van der Waals surface area contributed by atoms with Crippen LogP contribution >= 0.6 is 15.9 Å². The van der Waals surface area contributed by atoms with Gasteiger partial charge in [0.05, 0.1) is 10.6 Å². The molecule has 1 atom stereocenters. The number of alkyl halides is 1. The molecular formula is C10H13BrO2S. The minimum absolute atomic E-state index is 0.198. The Morgan fingerprint density at radius 3 is 2.36 bits per heavy atom. The van der Waals surface area contributed by atoms with E-state index in [0.717, 1.165) is 0 Å². The molecule has 0 aliphatic carbocycles. The quantitative estimate of drug-likeness (QED) is 0.793. The average Bonchev–Trinajstić information content (AvgIpc) is 2.16. The lowest BCUT2D eigenvalue weighted by Crippen LogP contribution is -2.09. The molecule has 0 bridgehead atoms. The highest BCUT2D eigenvalue weighted by atomic mass is 79.9. The van der Waals surface area contributed by atoms with Gasteiger partial charge >= 0.3 is 0 Å². The molecular weight excluding hydrogens is 264 g/mol. The van der Waals surface area contributed by atoms with Crippen LogP contribution in [0.15, 0.2) is 35.2 Å². The van der Waals surface area contributed by atoms with E-state index in [-0.39, 0.29) is 10.6 Å². The molecule has 1 aromatic carbocycles. The van der Waals surface area contributed by atoms with Crippen molar-refractivity contribution in [1.29, 1.82) is 0 Å². The van der Waals surface area contributed by atoms with Crippen LogP contribution in [0.25, 0.3) is 0 Å². The van der Waals surface area contributed by atoms with Crippen molar-refractivity contribution in [3.63, 3.8) is 0 Å². The van der Waals surface area contributed by atoms with Gasteiger partial charge in [0.25, 0.3) is 0 Å². The van der Waals surface area contributed by atoms with E-state index in [0.29, 0.717) is 11.3 Å². The standard InChI is InChI=1S/C10H13BrO2S/c1-9(11)7-8-14(12,13)10-5-3-2-4-6-10/h2-6,9H,7-8H2,1H3. The van der Waals surface area contributed by atoms with Crippen LogP contribution in [0, 0.1) is 0 Å². The summed E-state index contributed by atoms with van der Waals surface area (Å²) in [6.07, 6.45) is 0.636. The van der Waals surface area contributed by atoms with E-state index in [1.807, 2.05) is 13.0 Å². The molecule has 78 valence electrons. The fraction of sp³-hybridized carbons (Fsp3) is 0.400. The van der Waals surface area contributed by atoms with Crippen molar-refractivity contribution in [3.8, 4) is 0 Å². The molecule has 1 aromatic rings. The number of sulfone groups is 1. The first-order chi connectivity index (χ1) is 6.52. The van der Waals surface area contributed by atoms with Gasteiger partial charge in [0, 0.05) is 4.83 Å². The topological polar surface area (TPSA) is 34.1 Å². The normalized spacial score (nSPS) is 13.9. The van der Waals surface area contributed by atoms with Crippen molar-refractivity contribution < 1.29 is 8.42 Å². The third-order valence-electron chi connectivity index (χ3n) is 1.89. The zero-order valence-corrected chi connectivity index (χ0v) is 10.4. The van der Waals surface area contributed by atoms with E-state index < -0.39 is 9.84 Å². The van der Waals surface area contributed by atoms with E-state index >= 15 is 0 Å². The number of hydrogen-bond acceptors (Lipinski definition) is 2. The summed E-state index contributed by atoms with van der Waals surface area (Å²) in [6.45, 7) is 1.94. The second-order valence-electron chi connectivity index (χ2n) is 3.20. The molecule has 14 heavy (non-hydrogen) atoms. The predicted octanol–water partition coefficient (Wildman–Crippen LogP) is 2.63. The monoisotopic (exact) mass is 276 g/mol. The van der Waals surface area contributed by atoms with Crippen LogP contribution in [0.3, 0.4) is 0 Å². The maximum Gasteiger partial charge on any atom is 0.178 e. The molecule has 0 fully saturated rings. The molecule has 1 rings (SSSR count). The van der Waals surface area contributed by atoms with E-state index in [4.69, 9.17) is 0 Å². The van der Waals surface area contributed by atoms with Gasteiger partial charge in [-0.3, -0.25) is 0 Å². The average molecular weight is 277 g/mol. The molecule has 0 heterocycles. The highest BCUT2D eigenvalue weighted by Gasteiger charge is 2.14. The Morgan fingerprint density at radius 1 is 1.29 bits per heavy atom. The first-order valence-corrected chi connectivity index (χ1v) is 7.01. The molecule has 0 amide bonds. The number of halogens is 1. The second kappa shape index (κ2) is 4.94. The van der Waals surface area contributed by atoms with Gasteiger partial charge in [-0.25, -0.2) is 8.42 Å². The highest BCUT2D eigenvalue weighted by molar-refractivity contribution is 9.09. The molecule has 0 saturated carbocycles. The Bertz CT molecular complexity index is 370. The van der Waals surface area contributed by atoms with E-state index in [9.17, 15) is 8.42 Å². The molecule has 4 heteroatoms. The molecule has 0 saturated heterocycles. The van der Waals surface area contributed by atoms with Gasteiger partial charge in [-0.2, -0.15) is 0 Å². The molecule has 2 nitrogen and oxygen atoms in total. The third kappa shape index (κ3) is 3.42. The van der Waals surface area contributed by atoms with Crippen LogP contribution in [-0.2, 0) is 9.84 Å². The second-order valence-corrected chi connectivity index (χ2v) is 6.87. The van der Waals surface area contributed by atoms with Gasteiger partial charge in [-0.15, -0.1) is 0 Å². The van der Waals surface area contributed by atoms with Gasteiger partial charge in [0.15, 0.2) is 9.84 Å². The SMILES string of the molecule is CC(Br)CCS(=O)(=O)c1ccccc1. The lowest BCUT2D eigenvalue weighted by molar-refractivity contribution is 0.593. The molecule has 1 unspecified atom stereocenters. The molecule has 0 aliphatic rings. The molecule has 0 spiro atoms. The van der Waals surface area contributed by atoms with Crippen molar-refractivity contribution in [2.24, 2.45) is 0 Å². The Hall–Kier alpha value is -0.350. The Labute approximate surface area is 93.4 Å². The smallest absolute Gasteiger partial charge is 0.178 e. The summed E-state index contributed by atoms with van der Waals surface area (Å²) in [5.74, 6) is 0.198. The maximum absolute atomic E-state index is 11.7. The summed E-state index contributed by atoms with van der Waals surface area (Å²) in [4.78, 5) is 0.647. The van der Waals surface area contributed by atoms with Crippen LogP contribution in [0.4, 0.5) is 0 Å². The third-order valence-corrected chi connectivity index (χ3v) is 4.11. The first-order valence-electron chi connectivity index (χ1n) is 4.44. The van der Waals surface area contributed by atoms with Crippen molar-refractivity contribution in [3.05, 3.63) is 30.3 Å². The molecule has 0 N–H and O–H groups in total. The summed E-state index contributed by atoms with van der Waals surface area (Å²) in [5.41, 5.74) is 0. The maximum atomic E-state index is 11.7. The van der Waals surface area contributed by atoms with Gasteiger partial charge in [-0.1, -0.05) is 41.1 Å². The Balaban J connectivity index is 2.77. The summed E-state index contributed by atoms with van der Waals surface area (Å²) in [7, 11) is -3.09. The highest BCUT2D eigenvalue weighted by Crippen LogP contribution is 2.13. The van der Waals surface area contributed by atoms with Gasteiger partial charge < -0.3 is 0 Å². The lowest BCUT2D eigenvalue weighted by atomic mass is 10.4. The van der Waals surface area contributed by atoms with Gasteiger partial charge in [0.1, 0.15) is 0 Å². The van der Waals surface area contributed by atoms with Crippen LogP contribution in [0.2, 0.25) is 0 Å². The zero-order valence-electron chi connectivity index (χ0n) is 7.98. The summed E-state index contributed by atoms with van der Waals surface area (Å²) in [5, 5.41) is 0. The van der Waals surface area contributed by atoms with Gasteiger partial charge in [0.2, 0.25) is 0 Å². The van der Waals surface area contributed by atoms with Crippen LogP contribution in [0.1, 0.15) is 13.3 Å². The Morgan fingerprint density at radius 2 is 1.86 bits per heavy atom. The lowest BCUT2D eigenvalue weighted by Gasteiger charge is -2.05. The largest absolute Gasteiger partial charge is 0.224 e. The molecule has 0 radical (unpaired) electrons. The number of rotatable bonds is 4. The molecule has 0 aliphatic heterocycles. The van der Waals surface area contributed by atoms with Crippen molar-refractivity contribution in [1.82, 2.24) is 0 Å². The van der Waals surface area contributed by atoms with Crippen molar-refractivity contribution in [2.75, 3.05) is 5.75 Å². The number of hydrogen-bond donors (Lipinski definition) is 0. The number of benzene rings is 1. The van der Waals surface area contributed by atoms with Gasteiger partial charge in [-0.05, 0) is 18.6 Å². The van der Waals surface area contributed by atoms with Crippen LogP contribution < -0.4 is 0 Å². The zero-order chi connectivity index (χ0) is 10.6. The van der Waals surface area contributed by atoms with Crippen LogP contribution in [-0.4, -0.2) is 19.0 Å². The fourth-order valence-corrected chi connectivity index (χ4v) is 3.07. The van der Waals surface area contributed by atoms with E-state index in [2.05, 4.69) is 15.9 Å². The minimum Gasteiger partial charge on any atom is -0.224 e. The fourth-order valence-electron chi connectivity index (χ4n) is 1.06. The first kappa shape index (κ1) is 11.7. The Kier molecular flexibility index (Phi) is 4.13. The summed E-state index contributed by atoms with van der Waals surface area (Å²) in [6, 6.07) is 8.56.